The van der Waals surface area contributed by atoms with Crippen LogP contribution >= 0.6 is 12.6 Å². The van der Waals surface area contributed by atoms with Crippen LogP contribution in [0.15, 0.2) is 0 Å². The molecule has 1 unspecified atom stereocenters. The van der Waals surface area contributed by atoms with Gasteiger partial charge in [0, 0.05) is 7.11 Å². The summed E-state index contributed by atoms with van der Waals surface area (Å²) in [5.74, 6) is -0.441. The van der Waals surface area contributed by atoms with E-state index >= 15 is 0 Å². The van der Waals surface area contributed by atoms with Crippen molar-refractivity contribution in [1.82, 2.24) is 0 Å². The van der Waals surface area contributed by atoms with Crippen molar-refractivity contribution in [2.45, 2.75) is 12.4 Å². The number of thiol groups is 1. The standard InChI is InChI=1S/C5H10O3S/c1-3-8-4(6)5(9)7-2/h5,9H,3H2,1-2H3. The predicted molar refractivity (Wildman–Crippen MR) is 36.4 cm³/mol. The second kappa shape index (κ2) is 4.64. The summed E-state index contributed by atoms with van der Waals surface area (Å²) in [6, 6.07) is 0. The lowest BCUT2D eigenvalue weighted by molar-refractivity contribution is -0.149. The minimum Gasteiger partial charge on any atom is -0.463 e. The van der Waals surface area contributed by atoms with Crippen LogP contribution in [0.4, 0.5) is 0 Å². The molecule has 54 valence electrons. The molecule has 0 N–H and O–H groups in total. The Hall–Kier alpha value is -0.220. The molecular formula is C5H10O3S. The summed E-state index contributed by atoms with van der Waals surface area (Å²) >= 11 is 3.76. The Balaban J connectivity index is 3.46. The van der Waals surface area contributed by atoms with E-state index in [-0.39, 0.29) is 0 Å². The quantitative estimate of drug-likeness (QED) is 0.360. The van der Waals surface area contributed by atoms with Gasteiger partial charge in [0.2, 0.25) is 0 Å². The third-order valence-corrected chi connectivity index (χ3v) is 1.13. The van der Waals surface area contributed by atoms with Crippen LogP contribution < -0.4 is 0 Å². The molecule has 0 aliphatic heterocycles. The molecule has 3 nitrogen and oxygen atoms in total. The molecule has 0 aliphatic rings. The fourth-order valence-electron chi connectivity index (χ4n) is 0.310. The minimum absolute atomic E-state index is 0.360. The Bertz CT molecular complexity index is 94.2. The molecule has 0 aliphatic carbocycles. The molecule has 9 heavy (non-hydrogen) atoms. The zero-order valence-corrected chi connectivity index (χ0v) is 6.35. The number of rotatable bonds is 3. The normalized spacial score (nSPS) is 12.8. The summed E-state index contributed by atoms with van der Waals surface area (Å²) in [6.45, 7) is 2.09. The zero-order chi connectivity index (χ0) is 7.28. The van der Waals surface area contributed by atoms with Gasteiger partial charge in [0.25, 0.3) is 0 Å². The molecule has 0 aromatic carbocycles. The summed E-state index contributed by atoms with van der Waals surface area (Å²) in [6.07, 6.45) is 0. The van der Waals surface area contributed by atoms with Crippen molar-refractivity contribution < 1.29 is 14.3 Å². The van der Waals surface area contributed by atoms with Gasteiger partial charge in [-0.2, -0.15) is 0 Å². The molecule has 0 amide bonds. The minimum atomic E-state index is -0.745. The van der Waals surface area contributed by atoms with Gasteiger partial charge in [-0.05, 0) is 6.92 Å². The third kappa shape index (κ3) is 3.37. The van der Waals surface area contributed by atoms with E-state index in [0.717, 1.165) is 0 Å². The smallest absolute Gasteiger partial charge is 0.345 e. The van der Waals surface area contributed by atoms with Crippen LogP contribution in [0.25, 0.3) is 0 Å². The topological polar surface area (TPSA) is 35.5 Å². The molecule has 0 radical (unpaired) electrons. The van der Waals surface area contributed by atoms with Gasteiger partial charge in [0.1, 0.15) is 0 Å². The van der Waals surface area contributed by atoms with Crippen LogP contribution in [-0.4, -0.2) is 25.1 Å². The first kappa shape index (κ1) is 8.78. The van der Waals surface area contributed by atoms with Crippen molar-refractivity contribution >= 4 is 18.6 Å². The average Bonchev–Trinajstić information content (AvgIpc) is 1.87. The monoisotopic (exact) mass is 150 g/mol. The van der Waals surface area contributed by atoms with Gasteiger partial charge in [-0.1, -0.05) is 0 Å². The summed E-state index contributed by atoms with van der Waals surface area (Å²) in [5, 5.41) is 0. The van der Waals surface area contributed by atoms with Crippen LogP contribution in [0.5, 0.6) is 0 Å². The third-order valence-electron chi connectivity index (χ3n) is 0.711. The number of carbonyl (C=O) groups is 1. The van der Waals surface area contributed by atoms with E-state index in [4.69, 9.17) is 0 Å². The van der Waals surface area contributed by atoms with Gasteiger partial charge in [-0.15, -0.1) is 12.6 Å². The average molecular weight is 150 g/mol. The fraction of sp³-hybridized carbons (Fsp3) is 0.800. The lowest BCUT2D eigenvalue weighted by Gasteiger charge is -2.05. The molecule has 1 atom stereocenters. The molecule has 0 spiro atoms. The van der Waals surface area contributed by atoms with E-state index in [2.05, 4.69) is 22.1 Å². The van der Waals surface area contributed by atoms with Crippen LogP contribution in [0.2, 0.25) is 0 Å². The van der Waals surface area contributed by atoms with Gasteiger partial charge in [0.15, 0.2) is 5.44 Å². The Morgan fingerprint density at radius 1 is 1.78 bits per heavy atom. The molecule has 0 saturated carbocycles. The Labute approximate surface area is 59.7 Å². The molecule has 0 saturated heterocycles. The maximum Gasteiger partial charge on any atom is 0.345 e. The molecule has 0 bridgehead atoms. The van der Waals surface area contributed by atoms with Crippen molar-refractivity contribution in [2.75, 3.05) is 13.7 Å². The summed E-state index contributed by atoms with van der Waals surface area (Å²) < 4.78 is 9.11. The summed E-state index contributed by atoms with van der Waals surface area (Å²) in [5.41, 5.74) is -0.745. The molecular weight excluding hydrogens is 140 g/mol. The van der Waals surface area contributed by atoms with E-state index in [0.29, 0.717) is 6.61 Å². The van der Waals surface area contributed by atoms with E-state index in [9.17, 15) is 4.79 Å². The zero-order valence-electron chi connectivity index (χ0n) is 5.46. The number of esters is 1. The van der Waals surface area contributed by atoms with E-state index in [1.807, 2.05) is 0 Å². The van der Waals surface area contributed by atoms with Crippen molar-refractivity contribution in [3.63, 3.8) is 0 Å². The maximum absolute atomic E-state index is 10.6. The predicted octanol–water partition coefficient (Wildman–Crippen LogP) is 0.452. The van der Waals surface area contributed by atoms with Gasteiger partial charge in [0.05, 0.1) is 6.61 Å². The number of methoxy groups -OCH3 is 1. The maximum atomic E-state index is 10.6. The van der Waals surface area contributed by atoms with Gasteiger partial charge in [-0.25, -0.2) is 4.79 Å². The van der Waals surface area contributed by atoms with Crippen molar-refractivity contribution in [1.29, 1.82) is 0 Å². The van der Waals surface area contributed by atoms with Gasteiger partial charge < -0.3 is 9.47 Å². The van der Waals surface area contributed by atoms with Crippen LogP contribution in [-0.2, 0) is 14.3 Å². The van der Waals surface area contributed by atoms with Crippen LogP contribution in [0.1, 0.15) is 6.92 Å². The number of hydrogen-bond acceptors (Lipinski definition) is 4. The first-order chi connectivity index (χ1) is 4.22. The SMILES string of the molecule is CCOC(=O)C(S)OC. The van der Waals surface area contributed by atoms with Crippen molar-refractivity contribution in [3.05, 3.63) is 0 Å². The molecule has 0 heterocycles. The lowest BCUT2D eigenvalue weighted by atomic mass is 10.7. The largest absolute Gasteiger partial charge is 0.463 e. The van der Waals surface area contributed by atoms with E-state index in [1.165, 1.54) is 7.11 Å². The highest BCUT2D eigenvalue weighted by molar-refractivity contribution is 7.81. The van der Waals surface area contributed by atoms with Gasteiger partial charge in [-0.3, -0.25) is 0 Å². The molecule has 0 aromatic heterocycles. The van der Waals surface area contributed by atoms with E-state index < -0.39 is 11.4 Å². The van der Waals surface area contributed by atoms with Crippen molar-refractivity contribution in [3.8, 4) is 0 Å². The van der Waals surface area contributed by atoms with Crippen molar-refractivity contribution in [2.24, 2.45) is 0 Å². The fourth-order valence-corrected chi connectivity index (χ4v) is 0.384. The van der Waals surface area contributed by atoms with Crippen LogP contribution in [0, 0.1) is 0 Å². The summed E-state index contributed by atoms with van der Waals surface area (Å²) in [4.78, 5) is 10.6. The summed E-state index contributed by atoms with van der Waals surface area (Å²) in [7, 11) is 1.40. The highest BCUT2D eigenvalue weighted by atomic mass is 32.1. The number of hydrogen-bond donors (Lipinski definition) is 1. The highest BCUT2D eigenvalue weighted by Crippen LogP contribution is 1.97. The lowest BCUT2D eigenvalue weighted by Crippen LogP contribution is -2.19. The van der Waals surface area contributed by atoms with E-state index in [1.54, 1.807) is 6.92 Å². The first-order valence-corrected chi connectivity index (χ1v) is 3.11. The number of ether oxygens (including phenoxy) is 2. The molecule has 4 heteroatoms. The Kier molecular flexibility index (Phi) is 4.53. The first-order valence-electron chi connectivity index (χ1n) is 2.59. The van der Waals surface area contributed by atoms with Crippen LogP contribution in [0.3, 0.4) is 0 Å². The molecule has 0 rings (SSSR count). The second-order valence-electron chi connectivity index (χ2n) is 1.34. The molecule has 0 fully saturated rings. The Morgan fingerprint density at radius 3 is 2.67 bits per heavy atom. The second-order valence-corrected chi connectivity index (χ2v) is 1.81. The number of carbonyl (C=O) groups excluding carboxylic acids is 1. The Morgan fingerprint density at radius 2 is 2.33 bits per heavy atom. The molecule has 0 aromatic rings. The highest BCUT2D eigenvalue weighted by Gasteiger charge is 2.11. The van der Waals surface area contributed by atoms with Gasteiger partial charge >= 0.3 is 5.97 Å².